The van der Waals surface area contributed by atoms with Crippen LogP contribution in [0.2, 0.25) is 0 Å². The van der Waals surface area contributed by atoms with Gasteiger partial charge in [0.15, 0.2) is 6.61 Å². The molecule has 9 nitrogen and oxygen atoms in total. The molecule has 10 heteroatoms. The van der Waals surface area contributed by atoms with Gasteiger partial charge in [-0.1, -0.05) is 6.07 Å². The summed E-state index contributed by atoms with van der Waals surface area (Å²) in [5.74, 6) is -0.798. The number of hydrogen-bond donors (Lipinski definition) is 3. The molecule has 0 unspecified atom stereocenters. The quantitative estimate of drug-likeness (QED) is 0.492. The molecule has 0 aliphatic rings. The van der Waals surface area contributed by atoms with Gasteiger partial charge >= 0.3 is 5.97 Å². The van der Waals surface area contributed by atoms with E-state index in [0.717, 1.165) is 0 Å². The van der Waals surface area contributed by atoms with Crippen molar-refractivity contribution in [2.75, 3.05) is 11.9 Å². The number of ether oxygens (including phenoxy) is 1. The SMILES string of the molecule is O=C(COC(=O)c1ccc[nH]1)Nc1cccc(S(=O)(=O)NCc2ccco2)c1. The molecule has 2 heterocycles. The number of sulfonamides is 1. The molecular formula is C18H17N3O6S. The summed E-state index contributed by atoms with van der Waals surface area (Å²) in [5, 5.41) is 2.49. The van der Waals surface area contributed by atoms with Crippen molar-refractivity contribution < 1.29 is 27.2 Å². The van der Waals surface area contributed by atoms with Crippen molar-refractivity contribution in [1.29, 1.82) is 0 Å². The highest BCUT2D eigenvalue weighted by atomic mass is 32.2. The number of anilines is 1. The van der Waals surface area contributed by atoms with Gasteiger partial charge in [-0.25, -0.2) is 17.9 Å². The summed E-state index contributed by atoms with van der Waals surface area (Å²) in [6, 6.07) is 12.2. The number of furan rings is 1. The molecule has 3 N–H and O–H groups in total. The molecule has 0 saturated heterocycles. The van der Waals surface area contributed by atoms with Gasteiger partial charge in [0.2, 0.25) is 10.0 Å². The monoisotopic (exact) mass is 403 g/mol. The van der Waals surface area contributed by atoms with Gasteiger partial charge in [-0.3, -0.25) is 4.79 Å². The lowest BCUT2D eigenvalue weighted by Crippen LogP contribution is -2.24. The van der Waals surface area contributed by atoms with E-state index in [1.165, 1.54) is 36.6 Å². The van der Waals surface area contributed by atoms with Crippen LogP contribution < -0.4 is 10.0 Å². The van der Waals surface area contributed by atoms with Gasteiger partial charge < -0.3 is 19.5 Å². The highest BCUT2D eigenvalue weighted by Gasteiger charge is 2.16. The topological polar surface area (TPSA) is 130 Å². The standard InChI is InChI=1S/C18H17N3O6S/c22-17(12-27-18(23)16-7-2-8-19-16)21-13-4-1-6-15(10-13)28(24,25)20-11-14-5-3-9-26-14/h1-10,19-20H,11-12H2,(H,21,22). The summed E-state index contributed by atoms with van der Waals surface area (Å²) in [6.07, 6.45) is 3.00. The summed E-state index contributed by atoms with van der Waals surface area (Å²) in [5.41, 5.74) is 0.477. The fourth-order valence-electron chi connectivity index (χ4n) is 2.27. The third kappa shape index (κ3) is 5.09. The third-order valence-corrected chi connectivity index (χ3v) is 5.00. The first-order valence-electron chi connectivity index (χ1n) is 8.16. The van der Waals surface area contributed by atoms with E-state index in [0.29, 0.717) is 5.76 Å². The average molecular weight is 403 g/mol. The van der Waals surface area contributed by atoms with Gasteiger partial charge in [0.1, 0.15) is 11.5 Å². The van der Waals surface area contributed by atoms with E-state index in [-0.39, 0.29) is 22.8 Å². The van der Waals surface area contributed by atoms with Crippen LogP contribution in [-0.4, -0.2) is 31.9 Å². The molecule has 3 aromatic rings. The summed E-state index contributed by atoms with van der Waals surface area (Å²) < 4.78 is 37.1. The van der Waals surface area contributed by atoms with Crippen LogP contribution in [0, 0.1) is 0 Å². The Morgan fingerprint density at radius 1 is 1.11 bits per heavy atom. The van der Waals surface area contributed by atoms with Crippen LogP contribution in [0.25, 0.3) is 0 Å². The first-order valence-corrected chi connectivity index (χ1v) is 9.65. The molecule has 1 amide bonds. The van der Waals surface area contributed by atoms with Crippen LogP contribution in [-0.2, 0) is 26.1 Å². The molecule has 28 heavy (non-hydrogen) atoms. The Morgan fingerprint density at radius 3 is 2.68 bits per heavy atom. The molecule has 0 aliphatic carbocycles. The van der Waals surface area contributed by atoms with E-state index < -0.39 is 28.5 Å². The highest BCUT2D eigenvalue weighted by Crippen LogP contribution is 2.16. The maximum atomic E-state index is 12.4. The zero-order chi connectivity index (χ0) is 20.0. The van der Waals surface area contributed by atoms with Gasteiger partial charge in [0.25, 0.3) is 5.91 Å². The van der Waals surface area contributed by atoms with Crippen LogP contribution in [0.15, 0.2) is 70.3 Å². The molecule has 0 spiro atoms. The van der Waals surface area contributed by atoms with Gasteiger partial charge in [0, 0.05) is 11.9 Å². The first kappa shape index (κ1) is 19.4. The van der Waals surface area contributed by atoms with E-state index in [9.17, 15) is 18.0 Å². The number of benzene rings is 1. The smallest absolute Gasteiger partial charge is 0.355 e. The van der Waals surface area contributed by atoms with Crippen molar-refractivity contribution in [3.05, 3.63) is 72.4 Å². The minimum absolute atomic E-state index is 0.000610. The molecule has 146 valence electrons. The number of aromatic nitrogens is 1. The summed E-state index contributed by atoms with van der Waals surface area (Å²) in [4.78, 5) is 26.3. The fourth-order valence-corrected chi connectivity index (χ4v) is 3.31. The molecular weight excluding hydrogens is 386 g/mol. The maximum absolute atomic E-state index is 12.4. The van der Waals surface area contributed by atoms with Gasteiger partial charge in [-0.15, -0.1) is 0 Å². The Balaban J connectivity index is 1.57. The van der Waals surface area contributed by atoms with Crippen molar-refractivity contribution >= 4 is 27.6 Å². The molecule has 0 radical (unpaired) electrons. The number of nitrogens with one attached hydrogen (secondary N) is 3. The van der Waals surface area contributed by atoms with Crippen molar-refractivity contribution in [2.45, 2.75) is 11.4 Å². The summed E-state index contributed by atoms with van der Waals surface area (Å²) >= 11 is 0. The Kier molecular flexibility index (Phi) is 5.92. The lowest BCUT2D eigenvalue weighted by molar-refractivity contribution is -0.119. The van der Waals surface area contributed by atoms with E-state index in [1.807, 2.05) is 0 Å². The number of aromatic amines is 1. The molecule has 0 saturated carbocycles. The molecule has 2 aromatic heterocycles. The molecule has 0 bridgehead atoms. The average Bonchev–Trinajstić information content (AvgIpc) is 3.38. The van der Waals surface area contributed by atoms with Crippen LogP contribution in [0.1, 0.15) is 16.2 Å². The Morgan fingerprint density at radius 2 is 1.96 bits per heavy atom. The largest absolute Gasteiger partial charge is 0.468 e. The number of H-pyrrole nitrogens is 1. The van der Waals surface area contributed by atoms with Crippen molar-refractivity contribution in [2.24, 2.45) is 0 Å². The van der Waals surface area contributed by atoms with Crippen molar-refractivity contribution in [3.8, 4) is 0 Å². The number of carbonyl (C=O) groups excluding carboxylic acids is 2. The second-order valence-electron chi connectivity index (χ2n) is 5.64. The van der Waals surface area contributed by atoms with Crippen molar-refractivity contribution in [1.82, 2.24) is 9.71 Å². The minimum atomic E-state index is -3.80. The Labute approximate surface area is 160 Å². The van der Waals surface area contributed by atoms with E-state index in [2.05, 4.69) is 15.0 Å². The second kappa shape index (κ2) is 8.55. The zero-order valence-corrected chi connectivity index (χ0v) is 15.4. The predicted molar refractivity (Wildman–Crippen MR) is 98.9 cm³/mol. The normalized spacial score (nSPS) is 11.1. The molecule has 0 fully saturated rings. The molecule has 3 rings (SSSR count). The molecule has 0 aliphatic heterocycles. The van der Waals surface area contributed by atoms with Gasteiger partial charge in [-0.05, 0) is 42.5 Å². The first-order chi connectivity index (χ1) is 13.4. The number of esters is 1. The third-order valence-electron chi connectivity index (χ3n) is 3.60. The van der Waals surface area contributed by atoms with Gasteiger partial charge in [-0.2, -0.15) is 0 Å². The van der Waals surface area contributed by atoms with E-state index in [1.54, 1.807) is 24.4 Å². The number of rotatable bonds is 8. The number of amides is 1. The highest BCUT2D eigenvalue weighted by molar-refractivity contribution is 7.89. The fraction of sp³-hybridized carbons (Fsp3) is 0.111. The van der Waals surface area contributed by atoms with Crippen molar-refractivity contribution in [3.63, 3.8) is 0 Å². The summed E-state index contributed by atoms with van der Waals surface area (Å²) in [7, 11) is -3.80. The molecule has 0 atom stereocenters. The van der Waals surface area contributed by atoms with Crippen LogP contribution >= 0.6 is 0 Å². The zero-order valence-electron chi connectivity index (χ0n) is 14.5. The van der Waals surface area contributed by atoms with Crippen LogP contribution in [0.4, 0.5) is 5.69 Å². The van der Waals surface area contributed by atoms with Gasteiger partial charge in [0.05, 0.1) is 17.7 Å². The second-order valence-corrected chi connectivity index (χ2v) is 7.41. The lowest BCUT2D eigenvalue weighted by Gasteiger charge is -2.09. The van der Waals surface area contributed by atoms with Crippen LogP contribution in [0.3, 0.4) is 0 Å². The number of carbonyl (C=O) groups is 2. The lowest BCUT2D eigenvalue weighted by atomic mass is 10.3. The van der Waals surface area contributed by atoms with E-state index in [4.69, 9.17) is 9.15 Å². The van der Waals surface area contributed by atoms with Crippen LogP contribution in [0.5, 0.6) is 0 Å². The minimum Gasteiger partial charge on any atom is -0.468 e. The molecule has 1 aromatic carbocycles. The summed E-state index contributed by atoms with van der Waals surface area (Å²) in [6.45, 7) is -0.508. The predicted octanol–water partition coefficient (Wildman–Crippen LogP) is 1.88. The maximum Gasteiger partial charge on any atom is 0.355 e. The Hall–Kier alpha value is -3.37. The Bertz CT molecular complexity index is 1040. The van der Waals surface area contributed by atoms with E-state index >= 15 is 0 Å². The number of hydrogen-bond acceptors (Lipinski definition) is 6.